The van der Waals surface area contributed by atoms with Gasteiger partial charge in [0.2, 0.25) is 0 Å². The topological polar surface area (TPSA) is 45.7 Å². The molecule has 1 fully saturated rings. The number of aryl methyl sites for hydroxylation is 1. The molecule has 0 spiro atoms. The second-order valence-corrected chi connectivity index (χ2v) is 6.73. The van der Waals surface area contributed by atoms with Crippen LogP contribution in [0.4, 0.5) is 0 Å². The van der Waals surface area contributed by atoms with Gasteiger partial charge in [-0.15, -0.1) is 0 Å². The highest BCUT2D eigenvalue weighted by atomic mass is 35.5. The van der Waals surface area contributed by atoms with Gasteiger partial charge in [0.05, 0.1) is 11.7 Å². The molecule has 1 aromatic heterocycles. The molecule has 0 bridgehead atoms. The SMILES string of the molecule is Cc1cc(Cl)ncc1C(=O)N1CCC(OCCCN(C)C)CC1. The molecule has 0 N–H and O–H groups in total. The van der Waals surface area contributed by atoms with Crippen LogP contribution in [0.3, 0.4) is 0 Å². The van der Waals surface area contributed by atoms with Crippen molar-refractivity contribution in [3.8, 4) is 0 Å². The largest absolute Gasteiger partial charge is 0.378 e. The fraction of sp³-hybridized carbons (Fsp3) is 0.647. The number of hydrogen-bond donors (Lipinski definition) is 0. The first-order chi connectivity index (χ1) is 11.0. The number of ether oxygens (including phenoxy) is 1. The fourth-order valence-corrected chi connectivity index (χ4v) is 2.98. The van der Waals surface area contributed by atoms with Crippen molar-refractivity contribution in [1.29, 1.82) is 0 Å². The van der Waals surface area contributed by atoms with Gasteiger partial charge in [0.15, 0.2) is 0 Å². The van der Waals surface area contributed by atoms with E-state index in [1.165, 1.54) is 0 Å². The van der Waals surface area contributed by atoms with Gasteiger partial charge in [-0.1, -0.05) is 11.6 Å². The lowest BCUT2D eigenvalue weighted by molar-refractivity contribution is 0.00631. The highest BCUT2D eigenvalue weighted by Gasteiger charge is 2.25. The van der Waals surface area contributed by atoms with E-state index in [2.05, 4.69) is 24.0 Å². The zero-order chi connectivity index (χ0) is 16.8. The van der Waals surface area contributed by atoms with E-state index >= 15 is 0 Å². The maximum Gasteiger partial charge on any atom is 0.255 e. The van der Waals surface area contributed by atoms with Crippen LogP contribution in [-0.4, -0.2) is 67.1 Å². The molecule has 1 aliphatic heterocycles. The summed E-state index contributed by atoms with van der Waals surface area (Å²) in [6.07, 6.45) is 4.68. The number of rotatable bonds is 6. The average Bonchev–Trinajstić information content (AvgIpc) is 2.51. The third-order valence-corrected chi connectivity index (χ3v) is 4.35. The number of carbonyl (C=O) groups excluding carboxylic acids is 1. The molecule has 0 atom stereocenters. The summed E-state index contributed by atoms with van der Waals surface area (Å²) in [6, 6.07) is 1.73. The molecule has 1 aromatic rings. The van der Waals surface area contributed by atoms with E-state index in [-0.39, 0.29) is 12.0 Å². The third-order valence-electron chi connectivity index (χ3n) is 4.14. The van der Waals surface area contributed by atoms with Crippen molar-refractivity contribution in [2.24, 2.45) is 0 Å². The fourth-order valence-electron chi connectivity index (χ4n) is 2.77. The molecule has 1 amide bonds. The molecule has 1 saturated heterocycles. The smallest absolute Gasteiger partial charge is 0.255 e. The number of carbonyl (C=O) groups is 1. The first kappa shape index (κ1) is 18.2. The number of nitrogens with zero attached hydrogens (tertiary/aromatic N) is 3. The summed E-state index contributed by atoms with van der Waals surface area (Å²) >= 11 is 5.85. The predicted octanol–water partition coefficient (Wildman–Crippen LogP) is 2.62. The molecule has 0 aromatic carbocycles. The Balaban J connectivity index is 1.78. The normalized spacial score (nSPS) is 16.1. The van der Waals surface area contributed by atoms with Gasteiger partial charge in [0.1, 0.15) is 5.15 Å². The summed E-state index contributed by atoms with van der Waals surface area (Å²) in [5, 5.41) is 0.420. The van der Waals surface area contributed by atoms with Gasteiger partial charge in [-0.05, 0) is 58.5 Å². The maximum absolute atomic E-state index is 12.6. The Kier molecular flexibility index (Phi) is 6.81. The molecular formula is C17H26ClN3O2. The summed E-state index contributed by atoms with van der Waals surface area (Å²) in [5.74, 6) is 0.0396. The second-order valence-electron chi connectivity index (χ2n) is 6.34. The molecule has 0 aliphatic carbocycles. The molecule has 0 radical (unpaired) electrons. The van der Waals surface area contributed by atoms with E-state index in [9.17, 15) is 4.79 Å². The second kappa shape index (κ2) is 8.62. The molecule has 5 nitrogen and oxygen atoms in total. The quantitative estimate of drug-likeness (QED) is 0.590. The van der Waals surface area contributed by atoms with Crippen LogP contribution in [0, 0.1) is 6.92 Å². The summed E-state index contributed by atoms with van der Waals surface area (Å²) < 4.78 is 5.91. The molecule has 0 unspecified atom stereocenters. The first-order valence-corrected chi connectivity index (χ1v) is 8.53. The molecule has 1 aliphatic rings. The summed E-state index contributed by atoms with van der Waals surface area (Å²) in [6.45, 7) is 5.19. The van der Waals surface area contributed by atoms with Gasteiger partial charge in [-0.25, -0.2) is 4.98 Å². The number of likely N-dealkylation sites (tertiary alicyclic amines) is 1. The van der Waals surface area contributed by atoms with Crippen LogP contribution in [0.15, 0.2) is 12.3 Å². The Morgan fingerprint density at radius 3 is 2.74 bits per heavy atom. The molecule has 2 heterocycles. The van der Waals surface area contributed by atoms with Crippen molar-refractivity contribution in [1.82, 2.24) is 14.8 Å². The van der Waals surface area contributed by atoms with Gasteiger partial charge in [-0.3, -0.25) is 4.79 Å². The Bertz CT molecular complexity index is 529. The van der Waals surface area contributed by atoms with Crippen LogP contribution in [0.1, 0.15) is 35.2 Å². The van der Waals surface area contributed by atoms with E-state index < -0.39 is 0 Å². The minimum Gasteiger partial charge on any atom is -0.378 e. The monoisotopic (exact) mass is 339 g/mol. The minimum absolute atomic E-state index is 0.0396. The van der Waals surface area contributed by atoms with Crippen LogP contribution in [0.25, 0.3) is 0 Å². The Morgan fingerprint density at radius 2 is 2.13 bits per heavy atom. The number of hydrogen-bond acceptors (Lipinski definition) is 4. The lowest BCUT2D eigenvalue weighted by atomic mass is 10.1. The average molecular weight is 340 g/mol. The zero-order valence-electron chi connectivity index (χ0n) is 14.2. The minimum atomic E-state index is 0.0396. The van der Waals surface area contributed by atoms with E-state index in [4.69, 9.17) is 16.3 Å². The lowest BCUT2D eigenvalue weighted by Gasteiger charge is -2.32. The molecule has 2 rings (SSSR count). The van der Waals surface area contributed by atoms with Crippen LogP contribution >= 0.6 is 11.6 Å². The third kappa shape index (κ3) is 5.44. The van der Waals surface area contributed by atoms with Crippen molar-refractivity contribution >= 4 is 17.5 Å². The summed E-state index contributed by atoms with van der Waals surface area (Å²) in [4.78, 5) is 20.6. The molecule has 128 valence electrons. The van der Waals surface area contributed by atoms with E-state index in [0.717, 1.165) is 51.1 Å². The number of piperidine rings is 1. The maximum atomic E-state index is 12.6. The highest BCUT2D eigenvalue weighted by Crippen LogP contribution is 2.19. The molecule has 6 heteroatoms. The van der Waals surface area contributed by atoms with E-state index in [0.29, 0.717) is 10.7 Å². The van der Waals surface area contributed by atoms with Gasteiger partial charge < -0.3 is 14.5 Å². The van der Waals surface area contributed by atoms with Crippen LogP contribution < -0.4 is 0 Å². The van der Waals surface area contributed by atoms with Crippen molar-refractivity contribution < 1.29 is 9.53 Å². The van der Waals surface area contributed by atoms with Gasteiger partial charge in [-0.2, -0.15) is 0 Å². The zero-order valence-corrected chi connectivity index (χ0v) is 15.0. The van der Waals surface area contributed by atoms with Crippen molar-refractivity contribution in [2.45, 2.75) is 32.3 Å². The summed E-state index contributed by atoms with van der Waals surface area (Å²) in [5.41, 5.74) is 1.51. The number of aromatic nitrogens is 1. The van der Waals surface area contributed by atoms with Gasteiger partial charge in [0.25, 0.3) is 5.91 Å². The van der Waals surface area contributed by atoms with Crippen molar-refractivity contribution in [3.63, 3.8) is 0 Å². The highest BCUT2D eigenvalue weighted by molar-refractivity contribution is 6.29. The standard InChI is InChI=1S/C17H26ClN3O2/c1-13-11-16(18)19-12-15(13)17(22)21-8-5-14(6-9-21)23-10-4-7-20(2)3/h11-12,14H,4-10H2,1-3H3. The predicted molar refractivity (Wildman–Crippen MR) is 92.0 cm³/mol. The molecule has 0 saturated carbocycles. The first-order valence-electron chi connectivity index (χ1n) is 8.15. The van der Waals surface area contributed by atoms with Crippen LogP contribution in [-0.2, 0) is 4.74 Å². The van der Waals surface area contributed by atoms with Crippen LogP contribution in [0.5, 0.6) is 0 Å². The van der Waals surface area contributed by atoms with Crippen molar-refractivity contribution in [3.05, 3.63) is 28.5 Å². The molecular weight excluding hydrogens is 314 g/mol. The van der Waals surface area contributed by atoms with Gasteiger partial charge >= 0.3 is 0 Å². The number of amides is 1. The molecule has 23 heavy (non-hydrogen) atoms. The van der Waals surface area contributed by atoms with Crippen molar-refractivity contribution in [2.75, 3.05) is 40.3 Å². The van der Waals surface area contributed by atoms with Gasteiger partial charge in [0, 0.05) is 25.9 Å². The number of halogens is 1. The van der Waals surface area contributed by atoms with E-state index in [1.807, 2.05) is 11.8 Å². The van der Waals surface area contributed by atoms with E-state index in [1.54, 1.807) is 12.3 Å². The lowest BCUT2D eigenvalue weighted by Crippen LogP contribution is -2.41. The van der Waals surface area contributed by atoms with Crippen LogP contribution in [0.2, 0.25) is 5.15 Å². The Hall–Kier alpha value is -1.17. The Morgan fingerprint density at radius 1 is 1.43 bits per heavy atom. The Labute approximate surface area is 143 Å². The summed E-state index contributed by atoms with van der Waals surface area (Å²) in [7, 11) is 4.13. The number of pyridine rings is 1.